The second kappa shape index (κ2) is 5.39. The van der Waals surface area contributed by atoms with E-state index in [-0.39, 0.29) is 5.91 Å². The predicted octanol–water partition coefficient (Wildman–Crippen LogP) is 4.13. The van der Waals surface area contributed by atoms with Crippen molar-refractivity contribution in [3.05, 3.63) is 58.3 Å². The van der Waals surface area contributed by atoms with E-state index in [9.17, 15) is 4.79 Å². The van der Waals surface area contributed by atoms with Gasteiger partial charge in [-0.1, -0.05) is 29.3 Å². The summed E-state index contributed by atoms with van der Waals surface area (Å²) in [5.41, 5.74) is 2.72. The Kier molecular flexibility index (Phi) is 3.57. The van der Waals surface area contributed by atoms with Gasteiger partial charge in [-0.25, -0.2) is 4.98 Å². The molecule has 0 atom stereocenters. The van der Waals surface area contributed by atoms with Crippen LogP contribution in [0.5, 0.6) is 0 Å². The van der Waals surface area contributed by atoms with E-state index in [2.05, 4.69) is 10.3 Å². The van der Waals surface area contributed by atoms with Gasteiger partial charge in [-0.2, -0.15) is 0 Å². The zero-order valence-electron chi connectivity index (χ0n) is 11.1. The van der Waals surface area contributed by atoms with Crippen LogP contribution in [0, 0.1) is 0 Å². The van der Waals surface area contributed by atoms with Crippen LogP contribution in [0.2, 0.25) is 10.0 Å². The standard InChI is InChI=1S/C15H11Cl2N3O/c1-20-8-18-12-7-9(5-6-13(12)20)15(21)19-11-4-2-3-10(16)14(11)17/h2-8H,1H3,(H,19,21). The van der Waals surface area contributed by atoms with E-state index in [1.165, 1.54) is 0 Å². The average Bonchev–Trinajstić information content (AvgIpc) is 2.85. The minimum atomic E-state index is -0.258. The number of halogens is 2. The van der Waals surface area contributed by atoms with Gasteiger partial charge in [0, 0.05) is 12.6 Å². The molecule has 1 N–H and O–H groups in total. The Morgan fingerprint density at radius 3 is 2.86 bits per heavy atom. The molecule has 1 aromatic heterocycles. The van der Waals surface area contributed by atoms with Gasteiger partial charge in [0.1, 0.15) is 0 Å². The van der Waals surface area contributed by atoms with E-state index in [0.29, 0.717) is 21.3 Å². The molecule has 0 fully saturated rings. The number of hydrogen-bond acceptors (Lipinski definition) is 2. The van der Waals surface area contributed by atoms with Crippen molar-refractivity contribution in [2.45, 2.75) is 0 Å². The Bertz CT molecular complexity index is 842. The van der Waals surface area contributed by atoms with Crippen LogP contribution in [0.1, 0.15) is 10.4 Å². The fraction of sp³-hybridized carbons (Fsp3) is 0.0667. The quantitative estimate of drug-likeness (QED) is 0.771. The first-order valence-corrected chi connectivity index (χ1v) is 6.98. The van der Waals surface area contributed by atoms with Crippen molar-refractivity contribution in [2.75, 3.05) is 5.32 Å². The Morgan fingerprint density at radius 2 is 2.05 bits per heavy atom. The minimum Gasteiger partial charge on any atom is -0.334 e. The summed E-state index contributed by atoms with van der Waals surface area (Å²) >= 11 is 12.0. The molecule has 0 radical (unpaired) electrons. The molecule has 2 aromatic carbocycles. The van der Waals surface area contributed by atoms with Gasteiger partial charge >= 0.3 is 0 Å². The van der Waals surface area contributed by atoms with E-state index in [0.717, 1.165) is 11.0 Å². The van der Waals surface area contributed by atoms with Crippen LogP contribution in [0.15, 0.2) is 42.7 Å². The number of nitrogens with zero attached hydrogens (tertiary/aromatic N) is 2. The van der Waals surface area contributed by atoms with Gasteiger partial charge in [-0.15, -0.1) is 0 Å². The second-order valence-electron chi connectivity index (χ2n) is 4.61. The van der Waals surface area contributed by atoms with Crippen LogP contribution in [0.25, 0.3) is 11.0 Å². The molecular formula is C15H11Cl2N3O. The summed E-state index contributed by atoms with van der Waals surface area (Å²) in [4.78, 5) is 16.5. The lowest BCUT2D eigenvalue weighted by Gasteiger charge is -2.08. The fourth-order valence-electron chi connectivity index (χ4n) is 2.07. The SMILES string of the molecule is Cn1cnc2cc(C(=O)Nc3cccc(Cl)c3Cl)ccc21. The zero-order valence-corrected chi connectivity index (χ0v) is 12.6. The summed E-state index contributed by atoms with van der Waals surface area (Å²) < 4.78 is 1.89. The van der Waals surface area contributed by atoms with Crippen LogP contribution in [0.3, 0.4) is 0 Å². The first kappa shape index (κ1) is 13.9. The number of anilines is 1. The molecule has 3 rings (SSSR count). The zero-order chi connectivity index (χ0) is 15.0. The molecule has 0 unspecified atom stereocenters. The van der Waals surface area contributed by atoms with Crippen molar-refractivity contribution in [1.82, 2.24) is 9.55 Å². The predicted molar refractivity (Wildman–Crippen MR) is 85.1 cm³/mol. The topological polar surface area (TPSA) is 46.9 Å². The van der Waals surface area contributed by atoms with Gasteiger partial charge < -0.3 is 9.88 Å². The Morgan fingerprint density at radius 1 is 1.24 bits per heavy atom. The van der Waals surface area contributed by atoms with Crippen LogP contribution in [-0.2, 0) is 7.05 Å². The number of carbonyl (C=O) groups excluding carboxylic acids is 1. The Hall–Kier alpha value is -2.04. The van der Waals surface area contributed by atoms with E-state index in [1.807, 2.05) is 17.7 Å². The number of amides is 1. The van der Waals surface area contributed by atoms with Crippen molar-refractivity contribution < 1.29 is 4.79 Å². The third kappa shape index (κ3) is 2.60. The summed E-state index contributed by atoms with van der Waals surface area (Å²) in [5, 5.41) is 3.47. The molecule has 106 valence electrons. The van der Waals surface area contributed by atoms with Crippen LogP contribution in [0.4, 0.5) is 5.69 Å². The fourth-order valence-corrected chi connectivity index (χ4v) is 2.42. The Labute approximate surface area is 131 Å². The third-order valence-electron chi connectivity index (χ3n) is 3.19. The summed E-state index contributed by atoms with van der Waals surface area (Å²) in [6.07, 6.45) is 1.71. The molecule has 6 heteroatoms. The van der Waals surface area contributed by atoms with Crippen molar-refractivity contribution in [3.63, 3.8) is 0 Å². The Balaban J connectivity index is 1.91. The first-order chi connectivity index (χ1) is 10.1. The number of imidazole rings is 1. The maximum Gasteiger partial charge on any atom is 0.255 e. The van der Waals surface area contributed by atoms with Gasteiger partial charge in [0.05, 0.1) is 33.1 Å². The highest BCUT2D eigenvalue weighted by Gasteiger charge is 2.11. The van der Waals surface area contributed by atoms with E-state index < -0.39 is 0 Å². The maximum absolute atomic E-state index is 12.3. The normalized spacial score (nSPS) is 10.8. The summed E-state index contributed by atoms with van der Waals surface area (Å²) in [6.45, 7) is 0. The number of fused-ring (bicyclic) bond motifs is 1. The van der Waals surface area contributed by atoms with Crippen LogP contribution >= 0.6 is 23.2 Å². The lowest BCUT2D eigenvalue weighted by molar-refractivity contribution is 0.102. The van der Waals surface area contributed by atoms with Gasteiger partial charge in [0.2, 0.25) is 0 Å². The highest BCUT2D eigenvalue weighted by atomic mass is 35.5. The number of carbonyl (C=O) groups is 1. The molecule has 1 amide bonds. The minimum absolute atomic E-state index is 0.258. The molecule has 21 heavy (non-hydrogen) atoms. The highest BCUT2D eigenvalue weighted by molar-refractivity contribution is 6.44. The molecule has 0 bridgehead atoms. The highest BCUT2D eigenvalue weighted by Crippen LogP contribution is 2.29. The van der Waals surface area contributed by atoms with Gasteiger partial charge in [0.15, 0.2) is 0 Å². The van der Waals surface area contributed by atoms with Crippen LogP contribution in [-0.4, -0.2) is 15.5 Å². The van der Waals surface area contributed by atoms with Gasteiger partial charge in [-0.3, -0.25) is 4.79 Å². The summed E-state index contributed by atoms with van der Waals surface area (Å²) in [6, 6.07) is 10.4. The second-order valence-corrected chi connectivity index (χ2v) is 5.40. The number of hydrogen-bond donors (Lipinski definition) is 1. The molecular weight excluding hydrogens is 309 g/mol. The molecule has 0 saturated heterocycles. The summed E-state index contributed by atoms with van der Waals surface area (Å²) in [7, 11) is 1.90. The lowest BCUT2D eigenvalue weighted by atomic mass is 10.2. The largest absolute Gasteiger partial charge is 0.334 e. The van der Waals surface area contributed by atoms with Crippen LogP contribution < -0.4 is 5.32 Å². The molecule has 3 aromatic rings. The number of benzene rings is 2. The van der Waals surface area contributed by atoms with Crippen molar-refractivity contribution in [3.8, 4) is 0 Å². The smallest absolute Gasteiger partial charge is 0.255 e. The number of rotatable bonds is 2. The van der Waals surface area contributed by atoms with Crippen molar-refractivity contribution in [1.29, 1.82) is 0 Å². The molecule has 4 nitrogen and oxygen atoms in total. The van der Waals surface area contributed by atoms with Gasteiger partial charge in [0.25, 0.3) is 5.91 Å². The monoisotopic (exact) mass is 319 g/mol. The first-order valence-electron chi connectivity index (χ1n) is 6.22. The molecule has 0 aliphatic carbocycles. The van der Waals surface area contributed by atoms with Crippen molar-refractivity contribution in [2.24, 2.45) is 7.05 Å². The molecule has 0 saturated carbocycles. The molecule has 0 aliphatic rings. The number of nitrogens with one attached hydrogen (secondary N) is 1. The van der Waals surface area contributed by atoms with E-state index >= 15 is 0 Å². The van der Waals surface area contributed by atoms with E-state index in [4.69, 9.17) is 23.2 Å². The number of aryl methyl sites for hydroxylation is 1. The molecule has 0 spiro atoms. The van der Waals surface area contributed by atoms with Crippen molar-refractivity contribution >= 4 is 45.8 Å². The molecule has 0 aliphatic heterocycles. The maximum atomic E-state index is 12.3. The average molecular weight is 320 g/mol. The lowest BCUT2D eigenvalue weighted by Crippen LogP contribution is -2.12. The third-order valence-corrected chi connectivity index (χ3v) is 4.01. The molecule has 1 heterocycles. The van der Waals surface area contributed by atoms with E-state index in [1.54, 1.807) is 36.7 Å². The summed E-state index contributed by atoms with van der Waals surface area (Å²) in [5.74, 6) is -0.258. The number of aromatic nitrogens is 2. The van der Waals surface area contributed by atoms with Gasteiger partial charge in [-0.05, 0) is 30.3 Å².